The van der Waals surface area contributed by atoms with Crippen LogP contribution < -0.4 is 10.8 Å². The molecule has 0 aliphatic heterocycles. The van der Waals surface area contributed by atoms with Gasteiger partial charge in [0.15, 0.2) is 0 Å². The topological polar surface area (TPSA) is 104 Å². The molecule has 140 valence electrons. The second kappa shape index (κ2) is 7.09. The number of imidazole rings is 1. The molecular weight excluding hydrogens is 356 g/mol. The predicted molar refractivity (Wildman–Crippen MR) is 105 cm³/mol. The van der Waals surface area contributed by atoms with E-state index in [0.717, 1.165) is 28.2 Å². The number of hydrogen-bond donors (Lipinski definition) is 3. The lowest BCUT2D eigenvalue weighted by atomic mass is 10.1. The minimum atomic E-state index is -0.613. The van der Waals surface area contributed by atoms with Crippen molar-refractivity contribution < 1.29 is 10.0 Å². The number of fused-ring (bicyclic) bond motifs is 1. The Balaban J connectivity index is 1.65. The summed E-state index contributed by atoms with van der Waals surface area (Å²) in [6, 6.07) is 11.1. The first kappa shape index (κ1) is 17.6. The third-order valence-corrected chi connectivity index (χ3v) is 4.37. The lowest BCUT2D eigenvalue weighted by Gasteiger charge is -2.08. The fraction of sp³-hybridized carbons (Fsp3) is 0.100. The molecular formula is C20H18N6O2. The lowest BCUT2D eigenvalue weighted by Crippen LogP contribution is -2.18. The summed E-state index contributed by atoms with van der Waals surface area (Å²) >= 11 is 0. The summed E-state index contributed by atoms with van der Waals surface area (Å²) < 4.78 is 2.06. The van der Waals surface area contributed by atoms with Gasteiger partial charge in [0.25, 0.3) is 5.91 Å². The largest absolute Gasteiger partial charge is 0.325 e. The number of pyridine rings is 3. The summed E-state index contributed by atoms with van der Waals surface area (Å²) in [5.41, 5.74) is 6.80. The van der Waals surface area contributed by atoms with Gasteiger partial charge in [-0.1, -0.05) is 0 Å². The number of aryl methyl sites for hydroxylation is 2. The molecule has 0 radical (unpaired) electrons. The van der Waals surface area contributed by atoms with E-state index in [9.17, 15) is 4.79 Å². The number of carbonyl (C=O) groups excluding carboxylic acids is 1. The van der Waals surface area contributed by atoms with Crippen molar-refractivity contribution in [2.75, 3.05) is 5.32 Å². The van der Waals surface area contributed by atoms with Crippen molar-refractivity contribution >= 4 is 23.2 Å². The standard InChI is InChI=1S/C20H18N6O2/c1-12-6-8-26-18(9-12)23-13(2)19(26)14-5-7-21-17(10-14)24-16-4-3-15(11-22-16)20(27)25-28/h3-11,28H,1-2H3,(H,25,27)(H,21,22,24). The molecule has 0 saturated heterocycles. The molecule has 0 unspecified atom stereocenters. The van der Waals surface area contributed by atoms with Crippen LogP contribution in [0.25, 0.3) is 16.9 Å². The number of nitrogens with one attached hydrogen (secondary N) is 2. The molecule has 0 fully saturated rings. The minimum absolute atomic E-state index is 0.256. The fourth-order valence-corrected chi connectivity index (χ4v) is 3.06. The molecule has 0 bridgehead atoms. The minimum Gasteiger partial charge on any atom is -0.325 e. The van der Waals surface area contributed by atoms with Gasteiger partial charge in [-0.3, -0.25) is 14.4 Å². The highest BCUT2D eigenvalue weighted by molar-refractivity contribution is 5.93. The van der Waals surface area contributed by atoms with Gasteiger partial charge in [-0.2, -0.15) is 0 Å². The number of carbonyl (C=O) groups is 1. The Morgan fingerprint density at radius 3 is 2.68 bits per heavy atom. The predicted octanol–water partition coefficient (Wildman–Crippen LogP) is 3.27. The molecule has 28 heavy (non-hydrogen) atoms. The Bertz CT molecular complexity index is 1170. The lowest BCUT2D eigenvalue weighted by molar-refractivity contribution is 0.0706. The average molecular weight is 374 g/mol. The normalized spacial score (nSPS) is 10.8. The number of aromatic nitrogens is 4. The van der Waals surface area contributed by atoms with Crippen molar-refractivity contribution in [3.63, 3.8) is 0 Å². The van der Waals surface area contributed by atoms with E-state index < -0.39 is 5.91 Å². The number of rotatable bonds is 4. The summed E-state index contributed by atoms with van der Waals surface area (Å²) in [6.07, 6.45) is 5.10. The van der Waals surface area contributed by atoms with E-state index >= 15 is 0 Å². The van der Waals surface area contributed by atoms with Crippen LogP contribution >= 0.6 is 0 Å². The van der Waals surface area contributed by atoms with Gasteiger partial charge >= 0.3 is 0 Å². The highest BCUT2D eigenvalue weighted by atomic mass is 16.5. The molecule has 0 atom stereocenters. The number of amides is 1. The van der Waals surface area contributed by atoms with Crippen LogP contribution in [-0.2, 0) is 0 Å². The van der Waals surface area contributed by atoms with Gasteiger partial charge in [-0.25, -0.2) is 20.4 Å². The van der Waals surface area contributed by atoms with Gasteiger partial charge in [0, 0.05) is 24.2 Å². The van der Waals surface area contributed by atoms with Crippen LogP contribution in [0.2, 0.25) is 0 Å². The van der Waals surface area contributed by atoms with E-state index in [-0.39, 0.29) is 5.56 Å². The number of hydrogen-bond acceptors (Lipinski definition) is 6. The van der Waals surface area contributed by atoms with Crippen molar-refractivity contribution in [1.29, 1.82) is 0 Å². The maximum absolute atomic E-state index is 11.4. The molecule has 0 spiro atoms. The van der Waals surface area contributed by atoms with E-state index in [2.05, 4.69) is 24.7 Å². The van der Waals surface area contributed by atoms with E-state index in [4.69, 9.17) is 5.21 Å². The summed E-state index contributed by atoms with van der Waals surface area (Å²) in [6.45, 7) is 4.03. The monoisotopic (exact) mass is 374 g/mol. The Kier molecular flexibility index (Phi) is 4.46. The van der Waals surface area contributed by atoms with E-state index in [1.54, 1.807) is 23.8 Å². The number of nitrogens with zero attached hydrogens (tertiary/aromatic N) is 4. The maximum Gasteiger partial charge on any atom is 0.276 e. The molecule has 0 aromatic carbocycles. The smallest absolute Gasteiger partial charge is 0.276 e. The van der Waals surface area contributed by atoms with Crippen LogP contribution in [0, 0.1) is 13.8 Å². The van der Waals surface area contributed by atoms with Gasteiger partial charge in [0.1, 0.15) is 17.3 Å². The molecule has 3 N–H and O–H groups in total. The van der Waals surface area contributed by atoms with Crippen molar-refractivity contribution in [1.82, 2.24) is 24.8 Å². The van der Waals surface area contributed by atoms with Gasteiger partial charge in [-0.15, -0.1) is 0 Å². The second-order valence-electron chi connectivity index (χ2n) is 6.41. The molecule has 8 heteroatoms. The van der Waals surface area contributed by atoms with Crippen molar-refractivity contribution in [2.24, 2.45) is 0 Å². The van der Waals surface area contributed by atoms with E-state index in [1.165, 1.54) is 6.20 Å². The summed E-state index contributed by atoms with van der Waals surface area (Å²) in [4.78, 5) is 24.5. The Labute approximate surface area is 160 Å². The third-order valence-electron chi connectivity index (χ3n) is 4.37. The van der Waals surface area contributed by atoms with Gasteiger partial charge in [0.05, 0.1) is 17.0 Å². The van der Waals surface area contributed by atoms with Crippen LogP contribution in [0.3, 0.4) is 0 Å². The van der Waals surface area contributed by atoms with Crippen LogP contribution in [0.4, 0.5) is 11.6 Å². The SMILES string of the molecule is Cc1ccn2c(-c3ccnc(Nc4ccc(C(=O)NO)cn4)c3)c(C)nc2c1. The zero-order valence-electron chi connectivity index (χ0n) is 15.3. The molecule has 1 amide bonds. The second-order valence-corrected chi connectivity index (χ2v) is 6.41. The van der Waals surface area contributed by atoms with E-state index in [0.29, 0.717) is 11.6 Å². The zero-order chi connectivity index (χ0) is 19.7. The van der Waals surface area contributed by atoms with Crippen molar-refractivity contribution in [3.8, 4) is 11.3 Å². The molecule has 4 aromatic rings. The van der Waals surface area contributed by atoms with Gasteiger partial charge in [-0.05, 0) is 55.8 Å². The zero-order valence-corrected chi connectivity index (χ0v) is 15.3. The molecule has 4 heterocycles. The highest BCUT2D eigenvalue weighted by Gasteiger charge is 2.12. The van der Waals surface area contributed by atoms with Crippen molar-refractivity contribution in [2.45, 2.75) is 13.8 Å². The average Bonchev–Trinajstić information content (AvgIpc) is 3.03. The van der Waals surface area contributed by atoms with Crippen LogP contribution in [0.15, 0.2) is 55.0 Å². The fourth-order valence-electron chi connectivity index (χ4n) is 3.06. The Morgan fingerprint density at radius 2 is 1.93 bits per heavy atom. The Morgan fingerprint density at radius 1 is 1.07 bits per heavy atom. The van der Waals surface area contributed by atoms with E-state index in [1.807, 2.05) is 44.3 Å². The number of anilines is 2. The Hall–Kier alpha value is -3.78. The first-order chi connectivity index (χ1) is 13.5. The number of hydroxylamine groups is 1. The van der Waals surface area contributed by atoms with Crippen LogP contribution in [0.1, 0.15) is 21.6 Å². The third kappa shape index (κ3) is 3.28. The van der Waals surface area contributed by atoms with Gasteiger partial charge < -0.3 is 5.32 Å². The van der Waals surface area contributed by atoms with Crippen molar-refractivity contribution in [3.05, 3.63) is 71.8 Å². The molecule has 0 aliphatic carbocycles. The highest BCUT2D eigenvalue weighted by Crippen LogP contribution is 2.27. The molecule has 4 rings (SSSR count). The van der Waals surface area contributed by atoms with Crippen LogP contribution in [0.5, 0.6) is 0 Å². The van der Waals surface area contributed by atoms with Crippen LogP contribution in [-0.4, -0.2) is 30.5 Å². The molecule has 4 aromatic heterocycles. The summed E-state index contributed by atoms with van der Waals surface area (Å²) in [5, 5.41) is 11.8. The summed E-state index contributed by atoms with van der Waals surface area (Å²) in [5.74, 6) is 0.535. The first-order valence-corrected chi connectivity index (χ1v) is 8.64. The first-order valence-electron chi connectivity index (χ1n) is 8.64. The quantitative estimate of drug-likeness (QED) is 0.374. The summed E-state index contributed by atoms with van der Waals surface area (Å²) in [7, 11) is 0. The van der Waals surface area contributed by atoms with Gasteiger partial charge in [0.2, 0.25) is 0 Å². The molecule has 8 nitrogen and oxygen atoms in total. The maximum atomic E-state index is 11.4. The molecule has 0 saturated carbocycles. The molecule has 0 aliphatic rings.